The lowest BCUT2D eigenvalue weighted by atomic mass is 10.0. The molecule has 3 rings (SSSR count). The van der Waals surface area contributed by atoms with Gasteiger partial charge in [-0.1, -0.05) is 40.4 Å². The molecule has 0 spiro atoms. The fraction of sp³-hybridized carbons (Fsp3) is 0.333. The number of benzene rings is 1. The monoisotopic (exact) mass is 429 g/mol. The number of hydrogen-bond acceptors (Lipinski definition) is 3. The molecule has 110 valence electrons. The van der Waals surface area contributed by atoms with Gasteiger partial charge in [0.25, 0.3) is 0 Å². The summed E-state index contributed by atoms with van der Waals surface area (Å²) in [4.78, 5) is 9.12. The number of rotatable bonds is 2. The fourth-order valence-corrected chi connectivity index (χ4v) is 4.00. The second-order valence-electron chi connectivity index (χ2n) is 5.24. The van der Waals surface area contributed by atoms with E-state index in [0.29, 0.717) is 22.6 Å². The van der Waals surface area contributed by atoms with Gasteiger partial charge in [-0.3, -0.25) is 0 Å². The van der Waals surface area contributed by atoms with Crippen molar-refractivity contribution in [3.63, 3.8) is 0 Å². The van der Waals surface area contributed by atoms with Gasteiger partial charge in [0.2, 0.25) is 0 Å². The number of nitrogens with two attached hydrogens (primary N) is 1. The van der Waals surface area contributed by atoms with Crippen LogP contribution in [-0.4, -0.2) is 9.97 Å². The molecule has 2 N–H and O–H groups in total. The summed E-state index contributed by atoms with van der Waals surface area (Å²) in [5.74, 6) is 1.52. The first-order valence-electron chi connectivity index (χ1n) is 6.84. The van der Waals surface area contributed by atoms with Gasteiger partial charge in [0.15, 0.2) is 5.82 Å². The summed E-state index contributed by atoms with van der Waals surface area (Å²) in [5.41, 5.74) is 7.87. The summed E-state index contributed by atoms with van der Waals surface area (Å²) in [6.45, 7) is 0. The maximum atomic E-state index is 6.31. The van der Waals surface area contributed by atoms with Gasteiger partial charge >= 0.3 is 0 Å². The Morgan fingerprint density at radius 1 is 1.14 bits per heavy atom. The molecule has 21 heavy (non-hydrogen) atoms. The molecule has 0 bridgehead atoms. The summed E-state index contributed by atoms with van der Waals surface area (Å²) < 4.78 is 1.75. The van der Waals surface area contributed by atoms with Gasteiger partial charge in [0.05, 0.1) is 15.2 Å². The van der Waals surface area contributed by atoms with Crippen molar-refractivity contribution in [2.24, 2.45) is 0 Å². The van der Waals surface area contributed by atoms with Gasteiger partial charge in [-0.25, -0.2) is 9.97 Å². The molecule has 0 amide bonds. The van der Waals surface area contributed by atoms with Crippen LogP contribution in [0.1, 0.15) is 37.3 Å². The summed E-state index contributed by atoms with van der Waals surface area (Å²) >= 11 is 13.2. The van der Waals surface area contributed by atoms with E-state index in [1.54, 1.807) is 0 Å². The van der Waals surface area contributed by atoms with Gasteiger partial charge in [-0.2, -0.15) is 0 Å². The van der Waals surface area contributed by atoms with E-state index in [1.807, 2.05) is 18.2 Å². The minimum absolute atomic E-state index is 0.456. The van der Waals surface area contributed by atoms with Crippen LogP contribution in [-0.2, 0) is 0 Å². The second kappa shape index (κ2) is 6.23. The average molecular weight is 432 g/mol. The number of halogens is 3. The first-order chi connectivity index (χ1) is 10.1. The molecule has 0 saturated heterocycles. The van der Waals surface area contributed by atoms with Crippen LogP contribution in [0.4, 0.5) is 5.82 Å². The number of nitrogen functional groups attached to an aromatic ring is 1. The van der Waals surface area contributed by atoms with Crippen molar-refractivity contribution in [1.29, 1.82) is 0 Å². The summed E-state index contributed by atoms with van der Waals surface area (Å²) in [7, 11) is 0. The first-order valence-corrected chi connectivity index (χ1v) is 8.81. The lowest BCUT2D eigenvalue weighted by molar-refractivity contribution is 0.691. The number of aromatic nitrogens is 2. The Morgan fingerprint density at radius 2 is 1.86 bits per heavy atom. The van der Waals surface area contributed by atoms with Crippen molar-refractivity contribution in [1.82, 2.24) is 9.97 Å². The predicted molar refractivity (Wildman–Crippen MR) is 93.5 cm³/mol. The lowest BCUT2D eigenvalue weighted by Gasteiger charge is -2.14. The van der Waals surface area contributed by atoms with Crippen molar-refractivity contribution >= 4 is 49.3 Å². The Bertz CT molecular complexity index is 685. The molecule has 0 unspecified atom stereocenters. The van der Waals surface area contributed by atoms with Gasteiger partial charge in [-0.15, -0.1) is 0 Å². The van der Waals surface area contributed by atoms with Gasteiger partial charge in [0, 0.05) is 16.0 Å². The smallest absolute Gasteiger partial charge is 0.163 e. The molecular formula is C15H14Br2ClN3. The molecule has 1 aromatic heterocycles. The van der Waals surface area contributed by atoms with Gasteiger partial charge in [0.1, 0.15) is 5.82 Å². The molecule has 1 fully saturated rings. The van der Waals surface area contributed by atoms with E-state index in [9.17, 15) is 0 Å². The zero-order chi connectivity index (χ0) is 15.0. The van der Waals surface area contributed by atoms with E-state index in [-0.39, 0.29) is 0 Å². The molecule has 1 heterocycles. The number of nitrogens with zero attached hydrogens (tertiary/aromatic N) is 2. The molecule has 3 nitrogen and oxygen atoms in total. The van der Waals surface area contributed by atoms with Crippen LogP contribution in [0.5, 0.6) is 0 Å². The highest BCUT2D eigenvalue weighted by molar-refractivity contribution is 9.11. The third-order valence-corrected chi connectivity index (χ3v) is 5.43. The Kier molecular flexibility index (Phi) is 4.52. The number of anilines is 1. The highest BCUT2D eigenvalue weighted by atomic mass is 79.9. The highest BCUT2D eigenvalue weighted by Crippen LogP contribution is 2.39. The number of hydrogen-bond donors (Lipinski definition) is 1. The van der Waals surface area contributed by atoms with E-state index in [1.165, 1.54) is 12.8 Å². The van der Waals surface area contributed by atoms with Crippen molar-refractivity contribution < 1.29 is 0 Å². The van der Waals surface area contributed by atoms with Gasteiger partial charge < -0.3 is 5.73 Å². The maximum Gasteiger partial charge on any atom is 0.163 e. The average Bonchev–Trinajstić information content (AvgIpc) is 2.96. The normalized spacial score (nSPS) is 15.6. The van der Waals surface area contributed by atoms with Crippen LogP contribution >= 0.6 is 43.5 Å². The summed E-state index contributed by atoms with van der Waals surface area (Å²) in [6, 6.07) is 5.68. The zero-order valence-electron chi connectivity index (χ0n) is 11.2. The van der Waals surface area contributed by atoms with E-state index >= 15 is 0 Å². The van der Waals surface area contributed by atoms with E-state index in [2.05, 4.69) is 36.8 Å². The van der Waals surface area contributed by atoms with Crippen LogP contribution in [0, 0.1) is 0 Å². The SMILES string of the molecule is Nc1nc(-c2ccc(Br)cc2Cl)nc(C2CCCC2)c1Br. The van der Waals surface area contributed by atoms with E-state index < -0.39 is 0 Å². The maximum absolute atomic E-state index is 6.31. The molecule has 6 heteroatoms. The second-order valence-corrected chi connectivity index (χ2v) is 7.35. The third-order valence-electron chi connectivity index (χ3n) is 3.82. The Labute approximate surface area is 145 Å². The molecule has 0 radical (unpaired) electrons. The molecule has 0 aliphatic heterocycles. The van der Waals surface area contributed by atoms with Gasteiger partial charge in [-0.05, 0) is 47.0 Å². The summed E-state index contributed by atoms with van der Waals surface area (Å²) in [5, 5.41) is 0.614. The van der Waals surface area contributed by atoms with Crippen molar-refractivity contribution in [3.8, 4) is 11.4 Å². The van der Waals surface area contributed by atoms with Crippen LogP contribution in [0.15, 0.2) is 27.1 Å². The zero-order valence-corrected chi connectivity index (χ0v) is 15.2. The van der Waals surface area contributed by atoms with Crippen molar-refractivity contribution in [2.45, 2.75) is 31.6 Å². The molecular weight excluding hydrogens is 417 g/mol. The quantitative estimate of drug-likeness (QED) is 0.677. The van der Waals surface area contributed by atoms with Crippen molar-refractivity contribution in [2.75, 3.05) is 5.73 Å². The van der Waals surface area contributed by atoms with Crippen LogP contribution in [0.2, 0.25) is 5.02 Å². The van der Waals surface area contributed by atoms with Crippen LogP contribution in [0.3, 0.4) is 0 Å². The van der Waals surface area contributed by atoms with Crippen molar-refractivity contribution in [3.05, 3.63) is 37.9 Å². The Hall–Kier alpha value is -0.650. The predicted octanol–water partition coefficient (Wildman–Crippen LogP) is 5.56. The summed E-state index contributed by atoms with van der Waals surface area (Å²) in [6.07, 6.45) is 4.80. The minimum atomic E-state index is 0.456. The molecule has 1 aliphatic rings. The molecule has 0 atom stereocenters. The van der Waals surface area contributed by atoms with E-state index in [0.717, 1.165) is 33.0 Å². The van der Waals surface area contributed by atoms with Crippen LogP contribution < -0.4 is 5.73 Å². The van der Waals surface area contributed by atoms with E-state index in [4.69, 9.17) is 22.3 Å². The van der Waals surface area contributed by atoms with Crippen LogP contribution in [0.25, 0.3) is 11.4 Å². The topological polar surface area (TPSA) is 51.8 Å². The minimum Gasteiger partial charge on any atom is -0.383 e. The standard InChI is InChI=1S/C15H14Br2ClN3/c16-9-5-6-10(11(18)7-9)15-20-13(8-3-1-2-4-8)12(17)14(19)21-15/h5-8H,1-4H2,(H2,19,20,21). The molecule has 2 aromatic rings. The Balaban J connectivity index is 2.10. The highest BCUT2D eigenvalue weighted by Gasteiger charge is 2.24. The fourth-order valence-electron chi connectivity index (χ4n) is 2.74. The largest absolute Gasteiger partial charge is 0.383 e. The molecule has 1 aromatic carbocycles. The Morgan fingerprint density at radius 3 is 2.52 bits per heavy atom. The molecule has 1 saturated carbocycles. The molecule has 1 aliphatic carbocycles. The first kappa shape index (κ1) is 15.3. The lowest BCUT2D eigenvalue weighted by Crippen LogP contribution is -2.06. The third kappa shape index (κ3) is 3.10.